The molecule has 1 heterocycles. The first-order valence-electron chi connectivity index (χ1n) is 48.6. The number of rotatable bonds is 24. The Kier molecular flexibility index (Phi) is 23.8. The van der Waals surface area contributed by atoms with E-state index in [-0.39, 0.29) is 10.8 Å². The Morgan fingerprint density at radius 1 is 0.213 bits per heavy atom. The average molecular weight is 1820 g/mol. The third-order valence-corrected chi connectivity index (χ3v) is 29.4. The molecular formula is C136H102N4S. The maximum absolute atomic E-state index is 2.43. The lowest BCUT2D eigenvalue weighted by atomic mass is 9.78. The van der Waals surface area contributed by atoms with Crippen LogP contribution >= 0.6 is 11.8 Å². The molecule has 4 nitrogen and oxygen atoms in total. The molecule has 23 rings (SSSR count). The van der Waals surface area contributed by atoms with Gasteiger partial charge in [-0.2, -0.15) is 0 Å². The van der Waals surface area contributed by atoms with Crippen molar-refractivity contribution in [2.75, 3.05) is 19.6 Å². The van der Waals surface area contributed by atoms with Crippen molar-refractivity contribution >= 4 is 136 Å². The van der Waals surface area contributed by atoms with E-state index in [4.69, 9.17) is 0 Å². The van der Waals surface area contributed by atoms with Crippen molar-refractivity contribution in [1.82, 2.24) is 0 Å². The molecule has 0 amide bonds. The summed E-state index contributed by atoms with van der Waals surface area (Å²) in [4.78, 5) is 12.0. The monoisotopic (exact) mass is 1820 g/mol. The van der Waals surface area contributed by atoms with Gasteiger partial charge in [-0.25, -0.2) is 0 Å². The molecule has 0 radical (unpaired) electrons. The average Bonchev–Trinajstić information content (AvgIpc) is 0.754. The summed E-state index contributed by atoms with van der Waals surface area (Å²) in [6.07, 6.45) is 4.69. The third kappa shape index (κ3) is 17.8. The maximum atomic E-state index is 2.43. The SMILES string of the molecule is CC(C)(c1ccccc1)c1ccc(N(c2ccc(-c3ccc(/C(=C\c4ccc(N5c6ccccc6Sc6cc(-c7ccc(/C(=C/c8ccc(N(c9ccccc9)c9ccc%10cc(-c%11ccccc%11)ccc%10c9)cc8)c8ccc(-c9ccc(N(c%10ccccc%10)c%10cc%11ccccc%11c%11ccccc%10%11)cc9)cc8)cc7)ccc65)cc4)c4ccccc4)cc3)cc2)c2ccc(C(C)(C)c3ccccc3)cc2)cc1. The van der Waals surface area contributed by atoms with Crippen LogP contribution < -0.4 is 19.6 Å². The maximum Gasteiger partial charge on any atom is 0.0602 e. The Labute approximate surface area is 831 Å². The molecule has 0 saturated heterocycles. The predicted octanol–water partition coefficient (Wildman–Crippen LogP) is 38.0. The van der Waals surface area contributed by atoms with Crippen LogP contribution in [0, 0.1) is 0 Å². The van der Waals surface area contributed by atoms with Crippen molar-refractivity contribution in [2.24, 2.45) is 0 Å². The van der Waals surface area contributed by atoms with E-state index >= 15 is 0 Å². The lowest BCUT2D eigenvalue weighted by Gasteiger charge is -2.33. The van der Waals surface area contributed by atoms with Crippen LogP contribution in [-0.2, 0) is 10.8 Å². The molecule has 0 saturated carbocycles. The molecule has 1 aliphatic rings. The summed E-state index contributed by atoms with van der Waals surface area (Å²) in [7, 11) is 0. The summed E-state index contributed by atoms with van der Waals surface area (Å²) in [5.41, 5.74) is 36.3. The summed E-state index contributed by atoms with van der Waals surface area (Å²) in [6, 6.07) is 196. The molecule has 0 aromatic heterocycles. The second-order valence-electron chi connectivity index (χ2n) is 37.6. The zero-order valence-electron chi connectivity index (χ0n) is 79.2. The minimum atomic E-state index is -0.168. The van der Waals surface area contributed by atoms with Gasteiger partial charge in [0.25, 0.3) is 0 Å². The molecule has 141 heavy (non-hydrogen) atoms. The lowest BCUT2D eigenvalue weighted by Crippen LogP contribution is -2.19. The Bertz CT molecular complexity index is 8210. The molecule has 0 spiro atoms. The number of fused-ring (bicyclic) bond motifs is 6. The van der Waals surface area contributed by atoms with Gasteiger partial charge in [0.1, 0.15) is 0 Å². The highest BCUT2D eigenvalue weighted by Crippen LogP contribution is 2.54. The van der Waals surface area contributed by atoms with E-state index < -0.39 is 0 Å². The molecule has 672 valence electrons. The van der Waals surface area contributed by atoms with E-state index in [9.17, 15) is 0 Å². The third-order valence-electron chi connectivity index (χ3n) is 28.3. The Morgan fingerprint density at radius 2 is 0.539 bits per heavy atom. The molecule has 0 fully saturated rings. The van der Waals surface area contributed by atoms with Crippen molar-refractivity contribution in [3.8, 4) is 44.5 Å². The van der Waals surface area contributed by atoms with Gasteiger partial charge in [-0.1, -0.05) is 428 Å². The van der Waals surface area contributed by atoms with E-state index in [0.717, 1.165) is 146 Å². The fourth-order valence-electron chi connectivity index (χ4n) is 20.4. The van der Waals surface area contributed by atoms with Gasteiger partial charge in [-0.3, -0.25) is 0 Å². The number of hydrogen-bond acceptors (Lipinski definition) is 5. The molecule has 22 aromatic carbocycles. The van der Waals surface area contributed by atoms with Crippen LogP contribution in [0.4, 0.5) is 68.2 Å². The standard InChI is InChI=1S/C136H102N4S/c1-135(2,112-34-15-7-16-35-112)114-71-84-120(85-72-114)137(121-86-73-115(74-87-121)136(3,4)113-36-17-8-18-37-113)119-79-65-100(66-80-119)98-51-57-104(58-52-98)128(103-31-13-6-14-32-103)89-96-49-77-123(78-50-96)140-130-45-27-28-46-133(130)141-134-94-110(70-88-131(134)140)102-55-61-106(62-56-102)129(90-95-47-75-118(76-48-95)138(116-38-19-9-20-39-116)124-83-69-108-91-107(63-64-109(108)92-124)97-29-11-5-12-30-97)105-59-53-99(54-60-105)101-67-81-122(82-68-101)139(117-40-21-10-22-41-117)132-93-111-33-23-24-42-125(111)126-43-25-26-44-127(126)132/h5-94H,1-4H3/b128-89-,129-90+. The Hall–Kier alpha value is -17.4. The highest BCUT2D eigenvalue weighted by Gasteiger charge is 2.30. The van der Waals surface area contributed by atoms with Gasteiger partial charge in [0.2, 0.25) is 0 Å². The topological polar surface area (TPSA) is 13.0 Å². The highest BCUT2D eigenvalue weighted by atomic mass is 32.2. The molecule has 0 aliphatic carbocycles. The van der Waals surface area contributed by atoms with Crippen molar-refractivity contribution in [3.05, 3.63) is 589 Å². The number of para-hydroxylation sites is 3. The molecule has 22 aromatic rings. The van der Waals surface area contributed by atoms with E-state index in [2.05, 4.69) is 593 Å². The zero-order valence-corrected chi connectivity index (χ0v) is 80.0. The number of anilines is 12. The largest absolute Gasteiger partial charge is 0.311 e. The minimum absolute atomic E-state index is 0.168. The highest BCUT2D eigenvalue weighted by molar-refractivity contribution is 7.99. The number of benzene rings is 22. The van der Waals surface area contributed by atoms with Crippen LogP contribution in [0.25, 0.3) is 100 Å². The molecule has 1 aliphatic heterocycles. The smallest absolute Gasteiger partial charge is 0.0602 e. The molecule has 0 atom stereocenters. The fourth-order valence-corrected chi connectivity index (χ4v) is 21.5. The molecule has 5 heteroatoms. The van der Waals surface area contributed by atoms with Crippen LogP contribution in [0.15, 0.2) is 544 Å². The fraction of sp³-hybridized carbons (Fsp3) is 0.0441. The summed E-state index contributed by atoms with van der Waals surface area (Å²) in [6.45, 7) is 9.24. The van der Waals surface area contributed by atoms with Gasteiger partial charge in [0.15, 0.2) is 0 Å². The predicted molar refractivity (Wildman–Crippen MR) is 600 cm³/mol. The minimum Gasteiger partial charge on any atom is -0.311 e. The second-order valence-corrected chi connectivity index (χ2v) is 38.7. The first-order valence-corrected chi connectivity index (χ1v) is 49.4. The van der Waals surface area contributed by atoms with Gasteiger partial charge >= 0.3 is 0 Å². The summed E-state index contributed by atoms with van der Waals surface area (Å²) >= 11 is 1.84. The molecule has 0 bridgehead atoms. The normalized spacial score (nSPS) is 12.2. The van der Waals surface area contributed by atoms with Crippen molar-refractivity contribution < 1.29 is 0 Å². The van der Waals surface area contributed by atoms with Crippen LogP contribution in [0.3, 0.4) is 0 Å². The van der Waals surface area contributed by atoms with Gasteiger partial charge in [-0.15, -0.1) is 0 Å². The van der Waals surface area contributed by atoms with Crippen LogP contribution in [0.5, 0.6) is 0 Å². The number of hydrogen-bond donors (Lipinski definition) is 0. The molecular weight excluding hydrogens is 1720 g/mol. The van der Waals surface area contributed by atoms with Gasteiger partial charge in [0.05, 0.1) is 17.1 Å². The summed E-state index contributed by atoms with van der Waals surface area (Å²) in [5, 5.41) is 7.27. The Morgan fingerprint density at radius 3 is 1.06 bits per heavy atom. The van der Waals surface area contributed by atoms with Crippen LogP contribution in [0.2, 0.25) is 0 Å². The second kappa shape index (κ2) is 38.3. The van der Waals surface area contributed by atoms with E-state index in [1.165, 1.54) is 75.5 Å². The summed E-state index contributed by atoms with van der Waals surface area (Å²) in [5.74, 6) is 0. The molecule has 0 N–H and O–H groups in total. The molecule has 0 unspecified atom stereocenters. The van der Waals surface area contributed by atoms with Crippen molar-refractivity contribution in [1.29, 1.82) is 0 Å². The Balaban J connectivity index is 0.533. The lowest BCUT2D eigenvalue weighted by molar-refractivity contribution is 0.641. The van der Waals surface area contributed by atoms with E-state index in [1.54, 1.807) is 0 Å². The van der Waals surface area contributed by atoms with Crippen LogP contribution in [0.1, 0.15) is 83.3 Å². The van der Waals surface area contributed by atoms with E-state index in [1.807, 2.05) is 11.8 Å². The van der Waals surface area contributed by atoms with Gasteiger partial charge < -0.3 is 19.6 Å². The quantitative estimate of drug-likeness (QED) is 0.0440. The van der Waals surface area contributed by atoms with Crippen LogP contribution in [-0.4, -0.2) is 0 Å². The first-order chi connectivity index (χ1) is 69.4. The summed E-state index contributed by atoms with van der Waals surface area (Å²) < 4.78 is 0. The van der Waals surface area contributed by atoms with Crippen molar-refractivity contribution in [2.45, 2.75) is 48.3 Å². The number of nitrogens with zero attached hydrogens (tertiary/aromatic N) is 4. The van der Waals surface area contributed by atoms with Crippen molar-refractivity contribution in [3.63, 3.8) is 0 Å². The van der Waals surface area contributed by atoms with Gasteiger partial charge in [0, 0.05) is 77.2 Å². The first kappa shape index (κ1) is 87.7. The zero-order chi connectivity index (χ0) is 94.8. The van der Waals surface area contributed by atoms with E-state index in [0.29, 0.717) is 0 Å². The van der Waals surface area contributed by atoms with Gasteiger partial charge in [-0.05, 0) is 296 Å².